The normalized spacial score (nSPS) is 43.4. The molecule has 78 valence electrons. The number of rotatable bonds is 2. The molecule has 1 fully saturated rings. The Morgan fingerprint density at radius 1 is 1.57 bits per heavy atom. The van der Waals surface area contributed by atoms with Crippen molar-refractivity contribution < 1.29 is 10.2 Å². The topological polar surface area (TPSA) is 40.5 Å². The predicted molar refractivity (Wildman–Crippen MR) is 55.7 cm³/mol. The summed E-state index contributed by atoms with van der Waals surface area (Å²) >= 11 is 0. The van der Waals surface area contributed by atoms with E-state index in [-0.39, 0.29) is 11.5 Å². The summed E-state index contributed by atoms with van der Waals surface area (Å²) in [4.78, 5) is 0. The summed E-state index contributed by atoms with van der Waals surface area (Å²) in [5, 5.41) is 18.9. The van der Waals surface area contributed by atoms with E-state index >= 15 is 0 Å². The third-order valence-electron chi connectivity index (χ3n) is 3.44. The van der Waals surface area contributed by atoms with Gasteiger partial charge in [0.2, 0.25) is 0 Å². The van der Waals surface area contributed by atoms with Crippen LogP contribution in [0.2, 0.25) is 0 Å². The number of hydrogen-bond donors (Lipinski definition) is 2. The Labute approximate surface area is 85.0 Å². The van der Waals surface area contributed by atoms with Gasteiger partial charge >= 0.3 is 0 Å². The van der Waals surface area contributed by atoms with Crippen LogP contribution >= 0.6 is 0 Å². The first kappa shape index (κ1) is 9.94. The van der Waals surface area contributed by atoms with Crippen molar-refractivity contribution in [3.8, 4) is 0 Å². The average molecular weight is 194 g/mol. The van der Waals surface area contributed by atoms with Crippen LogP contribution in [0.1, 0.15) is 26.2 Å². The third-order valence-corrected chi connectivity index (χ3v) is 3.44. The van der Waals surface area contributed by atoms with Crippen molar-refractivity contribution in [2.24, 2.45) is 11.3 Å². The summed E-state index contributed by atoms with van der Waals surface area (Å²) in [6.07, 6.45) is 10.6. The molecular weight excluding hydrogens is 176 g/mol. The van der Waals surface area contributed by atoms with Gasteiger partial charge in [0.05, 0.1) is 12.2 Å². The van der Waals surface area contributed by atoms with Crippen LogP contribution in [-0.4, -0.2) is 22.4 Å². The number of aliphatic hydroxyl groups excluding tert-OH is 2. The van der Waals surface area contributed by atoms with Crippen molar-refractivity contribution in [1.82, 2.24) is 0 Å². The van der Waals surface area contributed by atoms with Gasteiger partial charge in [0, 0.05) is 5.41 Å². The van der Waals surface area contributed by atoms with Crippen LogP contribution in [0.4, 0.5) is 0 Å². The van der Waals surface area contributed by atoms with Gasteiger partial charge in [0.25, 0.3) is 0 Å². The van der Waals surface area contributed by atoms with Crippen molar-refractivity contribution in [2.45, 2.75) is 38.4 Å². The van der Waals surface area contributed by atoms with Crippen molar-refractivity contribution in [2.75, 3.05) is 0 Å². The van der Waals surface area contributed by atoms with Crippen LogP contribution in [0.5, 0.6) is 0 Å². The van der Waals surface area contributed by atoms with Crippen LogP contribution in [0.15, 0.2) is 24.3 Å². The molecule has 0 spiro atoms. The van der Waals surface area contributed by atoms with Gasteiger partial charge < -0.3 is 10.2 Å². The minimum atomic E-state index is -0.392. The fraction of sp³-hybridized carbons (Fsp3) is 0.667. The molecule has 2 aliphatic rings. The van der Waals surface area contributed by atoms with E-state index in [1.165, 1.54) is 0 Å². The second kappa shape index (κ2) is 3.52. The molecule has 14 heavy (non-hydrogen) atoms. The molecule has 0 aliphatic heterocycles. The van der Waals surface area contributed by atoms with Crippen molar-refractivity contribution in [3.63, 3.8) is 0 Å². The highest BCUT2D eigenvalue weighted by Gasteiger charge is 2.45. The van der Waals surface area contributed by atoms with E-state index < -0.39 is 6.10 Å². The zero-order chi connectivity index (χ0) is 10.2. The molecule has 0 radical (unpaired) electrons. The Hall–Kier alpha value is -0.600. The van der Waals surface area contributed by atoms with Gasteiger partial charge in [-0.1, -0.05) is 24.3 Å². The lowest BCUT2D eigenvalue weighted by Crippen LogP contribution is -2.17. The lowest BCUT2D eigenvalue weighted by Gasteiger charge is -2.23. The molecule has 2 aliphatic carbocycles. The van der Waals surface area contributed by atoms with Crippen molar-refractivity contribution in [3.05, 3.63) is 24.3 Å². The maximum atomic E-state index is 9.64. The fourth-order valence-corrected chi connectivity index (χ4v) is 2.76. The Kier molecular flexibility index (Phi) is 2.50. The highest BCUT2D eigenvalue weighted by atomic mass is 16.3. The van der Waals surface area contributed by atoms with Gasteiger partial charge in [0.1, 0.15) is 0 Å². The van der Waals surface area contributed by atoms with E-state index in [4.69, 9.17) is 0 Å². The summed E-state index contributed by atoms with van der Waals surface area (Å²) in [5.41, 5.74) is 0.0381. The van der Waals surface area contributed by atoms with Gasteiger partial charge in [-0.2, -0.15) is 0 Å². The molecule has 4 atom stereocenters. The second-order valence-electron chi connectivity index (χ2n) is 4.64. The van der Waals surface area contributed by atoms with Gasteiger partial charge in [-0.3, -0.25) is 0 Å². The first-order valence-electron chi connectivity index (χ1n) is 5.35. The summed E-state index contributed by atoms with van der Waals surface area (Å²) in [6, 6.07) is 0. The summed E-state index contributed by atoms with van der Waals surface area (Å²) < 4.78 is 0. The van der Waals surface area contributed by atoms with Crippen molar-refractivity contribution in [1.29, 1.82) is 0 Å². The summed E-state index contributed by atoms with van der Waals surface area (Å²) in [7, 11) is 0. The molecule has 0 heterocycles. The van der Waals surface area contributed by atoms with Gasteiger partial charge in [-0.15, -0.1) is 0 Å². The number of allylic oxidation sites excluding steroid dienone is 3. The first-order chi connectivity index (χ1) is 6.62. The zero-order valence-electron chi connectivity index (χ0n) is 8.56. The summed E-state index contributed by atoms with van der Waals surface area (Å²) in [6.45, 7) is 1.76. The van der Waals surface area contributed by atoms with E-state index in [1.807, 2.05) is 6.08 Å². The Morgan fingerprint density at radius 3 is 3.07 bits per heavy atom. The van der Waals surface area contributed by atoms with E-state index in [0.29, 0.717) is 5.92 Å². The lowest BCUT2D eigenvalue weighted by atomic mass is 9.80. The second-order valence-corrected chi connectivity index (χ2v) is 4.64. The SMILES string of the molecule is C[C@H](O)/C=C/C12C=CCC1CC(O)C2. The molecule has 0 bridgehead atoms. The Balaban J connectivity index is 2.16. The molecule has 0 aromatic heterocycles. The molecule has 2 rings (SSSR count). The van der Waals surface area contributed by atoms with E-state index in [2.05, 4.69) is 18.2 Å². The zero-order valence-corrected chi connectivity index (χ0v) is 8.56. The highest BCUT2D eigenvalue weighted by molar-refractivity contribution is 5.23. The monoisotopic (exact) mass is 194 g/mol. The van der Waals surface area contributed by atoms with Gasteiger partial charge in [-0.25, -0.2) is 0 Å². The first-order valence-corrected chi connectivity index (χ1v) is 5.35. The molecule has 0 saturated heterocycles. The fourth-order valence-electron chi connectivity index (χ4n) is 2.76. The number of fused-ring (bicyclic) bond motifs is 1. The number of hydrogen-bond acceptors (Lipinski definition) is 2. The molecule has 0 amide bonds. The van der Waals surface area contributed by atoms with Crippen LogP contribution < -0.4 is 0 Å². The standard InChI is InChI=1S/C12H18O2/c1-9(13)4-6-12-5-2-3-10(12)7-11(14)8-12/h2,4-6,9-11,13-14H,3,7-8H2,1H3/b6-4+/t9-,10?,11?,12?/m0/s1. The lowest BCUT2D eigenvalue weighted by molar-refractivity contribution is 0.173. The van der Waals surface area contributed by atoms with Crippen LogP contribution in [0.25, 0.3) is 0 Å². The van der Waals surface area contributed by atoms with E-state index in [0.717, 1.165) is 19.3 Å². The smallest absolute Gasteiger partial charge is 0.0693 e. The summed E-state index contributed by atoms with van der Waals surface area (Å²) in [5.74, 6) is 0.549. The van der Waals surface area contributed by atoms with Crippen LogP contribution in [0, 0.1) is 11.3 Å². The third kappa shape index (κ3) is 1.64. The Bertz CT molecular complexity index is 267. The minimum Gasteiger partial charge on any atom is -0.393 e. The van der Waals surface area contributed by atoms with Crippen molar-refractivity contribution >= 4 is 0 Å². The molecular formula is C12H18O2. The molecule has 1 saturated carbocycles. The van der Waals surface area contributed by atoms with Crippen LogP contribution in [0.3, 0.4) is 0 Å². The molecule has 3 unspecified atom stereocenters. The maximum Gasteiger partial charge on any atom is 0.0693 e. The van der Waals surface area contributed by atoms with E-state index in [9.17, 15) is 10.2 Å². The highest BCUT2D eigenvalue weighted by Crippen LogP contribution is 2.51. The minimum absolute atomic E-state index is 0.0381. The molecule has 2 N–H and O–H groups in total. The molecule has 0 aromatic carbocycles. The van der Waals surface area contributed by atoms with Crippen LogP contribution in [-0.2, 0) is 0 Å². The average Bonchev–Trinajstić information content (AvgIpc) is 2.56. The largest absolute Gasteiger partial charge is 0.393 e. The predicted octanol–water partition coefficient (Wildman–Crippen LogP) is 1.64. The molecule has 2 nitrogen and oxygen atoms in total. The van der Waals surface area contributed by atoms with E-state index in [1.54, 1.807) is 6.92 Å². The molecule has 2 heteroatoms. The Morgan fingerprint density at radius 2 is 2.36 bits per heavy atom. The molecule has 0 aromatic rings. The maximum absolute atomic E-state index is 9.64. The quantitative estimate of drug-likeness (QED) is 0.656. The van der Waals surface area contributed by atoms with Gasteiger partial charge in [-0.05, 0) is 32.1 Å². The van der Waals surface area contributed by atoms with Gasteiger partial charge in [0.15, 0.2) is 0 Å². The number of aliphatic hydroxyl groups is 2.